The summed E-state index contributed by atoms with van der Waals surface area (Å²) in [5.41, 5.74) is 7.90. The molecule has 0 spiro atoms. The fraction of sp³-hybridized carbons (Fsp3) is 0.462. The van der Waals surface area contributed by atoms with E-state index >= 15 is 0 Å². The summed E-state index contributed by atoms with van der Waals surface area (Å²) in [6.07, 6.45) is 4.26. The zero-order chi connectivity index (χ0) is 22.5. The van der Waals surface area contributed by atoms with Crippen LogP contribution < -0.4 is 11.1 Å². The summed E-state index contributed by atoms with van der Waals surface area (Å²) in [5, 5.41) is 2.86. The maximum absolute atomic E-state index is 13.4. The number of amides is 2. The molecule has 4 atom stereocenters. The molecule has 2 aromatic rings. The van der Waals surface area contributed by atoms with E-state index < -0.39 is 12.1 Å². The van der Waals surface area contributed by atoms with Crippen LogP contribution in [0.15, 0.2) is 60.7 Å². The van der Waals surface area contributed by atoms with E-state index in [2.05, 4.69) is 29.6 Å². The van der Waals surface area contributed by atoms with Crippen molar-refractivity contribution in [1.82, 2.24) is 10.2 Å². The van der Waals surface area contributed by atoms with Crippen molar-refractivity contribution >= 4 is 11.8 Å². The SMILES string of the molecule is C[C@H](N)C(=O)N[C@H]1CCC[C@H]2CC[C@@H](COC(c3ccccc3)c3ccccc3)N2C1=O. The van der Waals surface area contributed by atoms with Gasteiger partial charge in [0.15, 0.2) is 0 Å². The summed E-state index contributed by atoms with van der Waals surface area (Å²) in [7, 11) is 0. The molecule has 2 aliphatic heterocycles. The van der Waals surface area contributed by atoms with Crippen molar-refractivity contribution < 1.29 is 14.3 Å². The van der Waals surface area contributed by atoms with Gasteiger partial charge in [0.2, 0.25) is 11.8 Å². The molecule has 2 saturated heterocycles. The first kappa shape index (κ1) is 22.5. The number of nitrogens with one attached hydrogen (secondary N) is 1. The van der Waals surface area contributed by atoms with Crippen molar-refractivity contribution in [2.24, 2.45) is 5.73 Å². The molecule has 2 amide bonds. The summed E-state index contributed by atoms with van der Waals surface area (Å²) in [5.74, 6) is -0.273. The Morgan fingerprint density at radius 2 is 1.66 bits per heavy atom. The molecule has 0 radical (unpaired) electrons. The highest BCUT2D eigenvalue weighted by molar-refractivity contribution is 5.90. The lowest BCUT2D eigenvalue weighted by atomic mass is 10.0. The molecule has 0 saturated carbocycles. The van der Waals surface area contributed by atoms with Crippen molar-refractivity contribution in [2.75, 3.05) is 6.61 Å². The summed E-state index contributed by atoms with van der Waals surface area (Å²) >= 11 is 0. The number of hydrogen-bond acceptors (Lipinski definition) is 4. The number of hydrogen-bond donors (Lipinski definition) is 2. The number of carbonyl (C=O) groups excluding carboxylic acids is 2. The summed E-state index contributed by atoms with van der Waals surface area (Å²) < 4.78 is 6.49. The van der Waals surface area contributed by atoms with Gasteiger partial charge in [-0.1, -0.05) is 60.7 Å². The summed E-state index contributed by atoms with van der Waals surface area (Å²) in [6, 6.07) is 19.5. The van der Waals surface area contributed by atoms with E-state index in [1.54, 1.807) is 6.92 Å². The van der Waals surface area contributed by atoms with Crippen molar-refractivity contribution in [3.8, 4) is 0 Å². The van der Waals surface area contributed by atoms with E-state index in [0.29, 0.717) is 13.0 Å². The van der Waals surface area contributed by atoms with Crippen molar-refractivity contribution in [3.63, 3.8) is 0 Å². The lowest BCUT2D eigenvalue weighted by Gasteiger charge is -2.32. The molecule has 0 unspecified atom stereocenters. The maximum Gasteiger partial charge on any atom is 0.245 e. The average molecular weight is 436 g/mol. The number of benzene rings is 2. The Morgan fingerprint density at radius 1 is 1.03 bits per heavy atom. The van der Waals surface area contributed by atoms with Crippen LogP contribution in [0, 0.1) is 0 Å². The standard InChI is InChI=1S/C26H33N3O3/c1-18(27)25(30)28-23-14-8-13-21-15-16-22(29(21)26(23)31)17-32-24(19-9-4-2-5-10-19)20-11-6-3-7-12-20/h2-7,9-12,18,21-24H,8,13-17,27H2,1H3,(H,28,30)/t18-,21-,22-,23-/m0/s1. The monoisotopic (exact) mass is 435 g/mol. The maximum atomic E-state index is 13.4. The zero-order valence-electron chi connectivity index (χ0n) is 18.7. The number of nitrogens with zero attached hydrogens (tertiary/aromatic N) is 1. The summed E-state index contributed by atoms with van der Waals surface area (Å²) in [6.45, 7) is 2.10. The topological polar surface area (TPSA) is 84.7 Å². The van der Waals surface area contributed by atoms with E-state index in [-0.39, 0.29) is 30.0 Å². The molecule has 2 aromatic carbocycles. The second kappa shape index (κ2) is 10.3. The lowest BCUT2D eigenvalue weighted by molar-refractivity contribution is -0.139. The van der Waals surface area contributed by atoms with Crippen LogP contribution >= 0.6 is 0 Å². The molecule has 2 heterocycles. The molecular formula is C26H33N3O3. The Morgan fingerprint density at radius 3 is 2.25 bits per heavy atom. The Labute approximate surface area is 190 Å². The molecule has 32 heavy (non-hydrogen) atoms. The van der Waals surface area contributed by atoms with Crippen LogP contribution in [-0.4, -0.2) is 47.5 Å². The average Bonchev–Trinajstić information content (AvgIpc) is 3.15. The van der Waals surface area contributed by atoms with Crippen LogP contribution in [0.2, 0.25) is 0 Å². The number of ether oxygens (including phenoxy) is 1. The molecule has 3 N–H and O–H groups in total. The number of nitrogens with two attached hydrogens (primary N) is 1. The van der Waals surface area contributed by atoms with Gasteiger partial charge < -0.3 is 20.7 Å². The van der Waals surface area contributed by atoms with Gasteiger partial charge in [0.25, 0.3) is 0 Å². The number of rotatable bonds is 7. The molecule has 6 heteroatoms. The third-order valence-electron chi connectivity index (χ3n) is 6.59. The minimum atomic E-state index is -0.628. The highest BCUT2D eigenvalue weighted by Gasteiger charge is 2.42. The predicted octanol–water partition coefficient (Wildman–Crippen LogP) is 3.17. The van der Waals surface area contributed by atoms with Gasteiger partial charge in [0.1, 0.15) is 12.1 Å². The molecule has 6 nitrogen and oxygen atoms in total. The molecule has 0 bridgehead atoms. The summed E-state index contributed by atoms with van der Waals surface area (Å²) in [4.78, 5) is 27.5. The molecule has 4 rings (SSSR count). The van der Waals surface area contributed by atoms with Gasteiger partial charge in [-0.15, -0.1) is 0 Å². The largest absolute Gasteiger partial charge is 0.367 e. The lowest BCUT2D eigenvalue weighted by Crippen LogP contribution is -2.54. The molecule has 0 aliphatic carbocycles. The van der Waals surface area contributed by atoms with Crippen LogP contribution in [0.4, 0.5) is 0 Å². The fourth-order valence-corrected chi connectivity index (χ4v) is 4.91. The highest BCUT2D eigenvalue weighted by Crippen LogP contribution is 2.34. The first-order valence-corrected chi connectivity index (χ1v) is 11.6. The number of fused-ring (bicyclic) bond motifs is 1. The van der Waals surface area contributed by atoms with Gasteiger partial charge in [0, 0.05) is 6.04 Å². The van der Waals surface area contributed by atoms with Gasteiger partial charge in [-0.25, -0.2) is 0 Å². The Bertz CT molecular complexity index is 864. The molecule has 2 fully saturated rings. The predicted molar refractivity (Wildman–Crippen MR) is 124 cm³/mol. The highest BCUT2D eigenvalue weighted by atomic mass is 16.5. The van der Waals surface area contributed by atoms with Gasteiger partial charge in [-0.05, 0) is 50.2 Å². The zero-order valence-corrected chi connectivity index (χ0v) is 18.7. The van der Waals surface area contributed by atoms with Crippen molar-refractivity contribution in [1.29, 1.82) is 0 Å². The number of carbonyl (C=O) groups is 2. The third-order valence-corrected chi connectivity index (χ3v) is 6.59. The third kappa shape index (κ3) is 5.03. The van der Waals surface area contributed by atoms with Gasteiger partial charge in [-0.2, -0.15) is 0 Å². The van der Waals surface area contributed by atoms with Gasteiger partial charge >= 0.3 is 0 Å². The molecular weight excluding hydrogens is 402 g/mol. The van der Waals surface area contributed by atoms with E-state index in [1.807, 2.05) is 41.3 Å². The Kier molecular flexibility index (Phi) is 7.22. The molecule has 2 aliphatic rings. The van der Waals surface area contributed by atoms with E-state index in [1.165, 1.54) is 0 Å². The second-order valence-electron chi connectivity index (χ2n) is 8.95. The van der Waals surface area contributed by atoms with Gasteiger partial charge in [0.05, 0.1) is 18.7 Å². The molecule has 170 valence electrons. The van der Waals surface area contributed by atoms with E-state index in [4.69, 9.17) is 10.5 Å². The van der Waals surface area contributed by atoms with E-state index in [0.717, 1.165) is 36.8 Å². The minimum Gasteiger partial charge on any atom is -0.367 e. The Balaban J connectivity index is 1.49. The van der Waals surface area contributed by atoms with E-state index in [9.17, 15) is 9.59 Å². The van der Waals surface area contributed by atoms with Crippen LogP contribution in [0.1, 0.15) is 56.3 Å². The normalized spacial score (nSPS) is 24.2. The quantitative estimate of drug-likeness (QED) is 0.700. The van der Waals surface area contributed by atoms with Crippen LogP contribution in [0.25, 0.3) is 0 Å². The fourth-order valence-electron chi connectivity index (χ4n) is 4.91. The van der Waals surface area contributed by atoms with Crippen molar-refractivity contribution in [3.05, 3.63) is 71.8 Å². The van der Waals surface area contributed by atoms with Gasteiger partial charge in [-0.3, -0.25) is 9.59 Å². The van der Waals surface area contributed by atoms with Crippen LogP contribution in [-0.2, 0) is 14.3 Å². The van der Waals surface area contributed by atoms with Crippen molar-refractivity contribution in [2.45, 2.75) is 69.3 Å². The smallest absolute Gasteiger partial charge is 0.245 e. The first-order chi connectivity index (χ1) is 15.5. The van der Waals surface area contributed by atoms with Crippen LogP contribution in [0.5, 0.6) is 0 Å². The second-order valence-corrected chi connectivity index (χ2v) is 8.95. The molecule has 0 aromatic heterocycles. The first-order valence-electron chi connectivity index (χ1n) is 11.6. The Hall–Kier alpha value is -2.70. The minimum absolute atomic E-state index is 0.00331. The van der Waals surface area contributed by atoms with Crippen LogP contribution in [0.3, 0.4) is 0 Å².